The molecule has 0 fully saturated rings. The molecule has 0 saturated carbocycles. The summed E-state index contributed by atoms with van der Waals surface area (Å²) >= 11 is 12.7. The second kappa shape index (κ2) is 7.04. The fraction of sp³-hybridized carbons (Fsp3) is 0.0625. The fourth-order valence-electron chi connectivity index (χ4n) is 2.18. The van der Waals surface area contributed by atoms with Crippen LogP contribution in [0.2, 0.25) is 5.02 Å². The van der Waals surface area contributed by atoms with Crippen LogP contribution in [0.4, 0.5) is 5.69 Å². The van der Waals surface area contributed by atoms with Crippen LogP contribution in [0.15, 0.2) is 56.5 Å². The second-order valence-electron chi connectivity index (χ2n) is 5.01. The molecule has 0 aliphatic heterocycles. The van der Waals surface area contributed by atoms with Crippen LogP contribution < -0.4 is 10.9 Å². The standard InChI is InChI=1S/C16H10Br2ClN3O2/c17-9-1-3-13-11(5-9)16(24)22(8-20-13)7-15(23)21-14-4-2-10(18)6-12(14)19/h1-6,8H,7H2,(H,21,23). The van der Waals surface area contributed by atoms with Gasteiger partial charge in [0, 0.05) is 8.95 Å². The number of carbonyl (C=O) groups excluding carboxylic acids is 1. The molecule has 0 bridgehead atoms. The Bertz CT molecular complexity index is 1000. The van der Waals surface area contributed by atoms with Crippen LogP contribution in [-0.2, 0) is 11.3 Å². The van der Waals surface area contributed by atoms with E-state index in [-0.39, 0.29) is 18.0 Å². The van der Waals surface area contributed by atoms with Crippen LogP contribution in [0, 0.1) is 0 Å². The number of nitrogens with one attached hydrogen (secondary N) is 1. The first-order valence-corrected chi connectivity index (χ1v) is 8.80. The number of halogens is 3. The van der Waals surface area contributed by atoms with Gasteiger partial charge in [-0.3, -0.25) is 14.2 Å². The molecular weight excluding hydrogens is 461 g/mol. The van der Waals surface area contributed by atoms with Crippen molar-refractivity contribution < 1.29 is 4.79 Å². The van der Waals surface area contributed by atoms with Gasteiger partial charge in [0.25, 0.3) is 5.56 Å². The van der Waals surface area contributed by atoms with Gasteiger partial charge in [-0.25, -0.2) is 4.98 Å². The maximum Gasteiger partial charge on any atom is 0.261 e. The number of hydrogen-bond donors (Lipinski definition) is 1. The number of aromatic nitrogens is 2. The van der Waals surface area contributed by atoms with E-state index >= 15 is 0 Å². The molecule has 1 heterocycles. The average molecular weight is 472 g/mol. The van der Waals surface area contributed by atoms with Crippen LogP contribution in [0.5, 0.6) is 0 Å². The van der Waals surface area contributed by atoms with Crippen molar-refractivity contribution in [1.29, 1.82) is 0 Å². The summed E-state index contributed by atoms with van der Waals surface area (Å²) in [5.74, 6) is -0.363. The predicted molar refractivity (Wildman–Crippen MR) is 101 cm³/mol. The van der Waals surface area contributed by atoms with Gasteiger partial charge in [0.2, 0.25) is 5.91 Å². The van der Waals surface area contributed by atoms with Crippen LogP contribution in [0.3, 0.4) is 0 Å². The van der Waals surface area contributed by atoms with E-state index in [2.05, 4.69) is 42.2 Å². The molecule has 5 nitrogen and oxygen atoms in total. The Morgan fingerprint density at radius 2 is 1.88 bits per heavy atom. The Morgan fingerprint density at radius 3 is 2.62 bits per heavy atom. The summed E-state index contributed by atoms with van der Waals surface area (Å²) < 4.78 is 2.85. The average Bonchev–Trinajstić information content (AvgIpc) is 2.53. The van der Waals surface area contributed by atoms with E-state index in [0.29, 0.717) is 21.6 Å². The van der Waals surface area contributed by atoms with E-state index < -0.39 is 0 Å². The predicted octanol–water partition coefficient (Wildman–Crippen LogP) is 4.21. The van der Waals surface area contributed by atoms with Crippen LogP contribution >= 0.6 is 43.5 Å². The number of nitrogens with zero attached hydrogens (tertiary/aromatic N) is 2. The number of rotatable bonds is 3. The number of fused-ring (bicyclic) bond motifs is 1. The van der Waals surface area contributed by atoms with Gasteiger partial charge in [0.15, 0.2) is 0 Å². The number of hydrogen-bond acceptors (Lipinski definition) is 3. The van der Waals surface area contributed by atoms with Gasteiger partial charge in [-0.05, 0) is 36.4 Å². The van der Waals surface area contributed by atoms with Crippen molar-refractivity contribution in [2.24, 2.45) is 0 Å². The summed E-state index contributed by atoms with van der Waals surface area (Å²) in [5, 5.41) is 3.54. The van der Waals surface area contributed by atoms with Crippen molar-refractivity contribution >= 4 is 66.0 Å². The Hall–Kier alpha value is -1.70. The van der Waals surface area contributed by atoms with Crippen molar-refractivity contribution in [2.75, 3.05) is 5.32 Å². The summed E-state index contributed by atoms with van der Waals surface area (Å²) in [7, 11) is 0. The Kier molecular flexibility index (Phi) is 5.03. The van der Waals surface area contributed by atoms with Gasteiger partial charge in [-0.1, -0.05) is 43.5 Å². The highest BCUT2D eigenvalue weighted by atomic mass is 79.9. The lowest BCUT2D eigenvalue weighted by atomic mass is 10.2. The van der Waals surface area contributed by atoms with Gasteiger partial charge >= 0.3 is 0 Å². The molecule has 24 heavy (non-hydrogen) atoms. The van der Waals surface area contributed by atoms with E-state index in [0.717, 1.165) is 8.95 Å². The molecule has 0 aliphatic rings. The number of anilines is 1. The molecule has 8 heteroatoms. The molecule has 1 N–H and O–H groups in total. The molecule has 2 aromatic carbocycles. The van der Waals surface area contributed by atoms with Gasteiger partial charge < -0.3 is 5.32 Å². The highest BCUT2D eigenvalue weighted by Gasteiger charge is 2.10. The lowest BCUT2D eigenvalue weighted by Gasteiger charge is -2.09. The second-order valence-corrected chi connectivity index (χ2v) is 7.25. The van der Waals surface area contributed by atoms with Gasteiger partial charge in [0.05, 0.1) is 27.9 Å². The summed E-state index contributed by atoms with van der Waals surface area (Å²) in [6.07, 6.45) is 1.36. The monoisotopic (exact) mass is 469 g/mol. The highest BCUT2D eigenvalue weighted by Crippen LogP contribution is 2.25. The molecule has 0 unspecified atom stereocenters. The normalized spacial score (nSPS) is 10.8. The van der Waals surface area contributed by atoms with Crippen LogP contribution in [-0.4, -0.2) is 15.5 Å². The molecule has 0 saturated heterocycles. The van der Waals surface area contributed by atoms with Crippen molar-refractivity contribution in [3.63, 3.8) is 0 Å². The molecule has 0 radical (unpaired) electrons. The first kappa shape index (κ1) is 17.1. The van der Waals surface area contributed by atoms with Crippen LogP contribution in [0.25, 0.3) is 10.9 Å². The third-order valence-electron chi connectivity index (χ3n) is 3.31. The van der Waals surface area contributed by atoms with Crippen molar-refractivity contribution in [2.45, 2.75) is 6.54 Å². The van der Waals surface area contributed by atoms with Gasteiger partial charge in [-0.15, -0.1) is 0 Å². The van der Waals surface area contributed by atoms with E-state index in [4.69, 9.17) is 11.6 Å². The minimum absolute atomic E-state index is 0.152. The summed E-state index contributed by atoms with van der Waals surface area (Å²) in [4.78, 5) is 28.9. The minimum Gasteiger partial charge on any atom is -0.323 e. The van der Waals surface area contributed by atoms with E-state index in [1.54, 1.807) is 36.4 Å². The lowest BCUT2D eigenvalue weighted by Crippen LogP contribution is -2.28. The molecule has 0 spiro atoms. The van der Waals surface area contributed by atoms with Gasteiger partial charge in [0.1, 0.15) is 6.54 Å². The lowest BCUT2D eigenvalue weighted by molar-refractivity contribution is -0.116. The van der Waals surface area contributed by atoms with E-state index in [9.17, 15) is 9.59 Å². The third kappa shape index (κ3) is 3.68. The van der Waals surface area contributed by atoms with Crippen molar-refractivity contribution in [1.82, 2.24) is 9.55 Å². The highest BCUT2D eigenvalue weighted by molar-refractivity contribution is 9.10. The molecule has 1 amide bonds. The Balaban J connectivity index is 1.85. The molecule has 122 valence electrons. The Labute approximate surface area is 158 Å². The Morgan fingerprint density at radius 1 is 1.17 bits per heavy atom. The number of benzene rings is 2. The molecule has 3 aromatic rings. The van der Waals surface area contributed by atoms with Crippen molar-refractivity contribution in [3.8, 4) is 0 Å². The number of carbonyl (C=O) groups is 1. The van der Waals surface area contributed by atoms with Gasteiger partial charge in [-0.2, -0.15) is 0 Å². The molecule has 0 aliphatic carbocycles. The van der Waals surface area contributed by atoms with E-state index in [1.165, 1.54) is 10.9 Å². The molecule has 0 atom stereocenters. The fourth-order valence-corrected chi connectivity index (χ4v) is 3.26. The third-order valence-corrected chi connectivity index (χ3v) is 4.60. The first-order valence-electron chi connectivity index (χ1n) is 6.83. The quantitative estimate of drug-likeness (QED) is 0.622. The first-order chi connectivity index (χ1) is 11.4. The SMILES string of the molecule is O=C(Cn1cnc2ccc(Br)cc2c1=O)Nc1ccc(Br)cc1Cl. The topological polar surface area (TPSA) is 64.0 Å². The molecular formula is C16H10Br2ClN3O2. The molecule has 1 aromatic heterocycles. The number of amides is 1. The largest absolute Gasteiger partial charge is 0.323 e. The summed E-state index contributed by atoms with van der Waals surface area (Å²) in [6, 6.07) is 10.4. The van der Waals surface area contributed by atoms with Crippen molar-refractivity contribution in [3.05, 3.63) is 67.0 Å². The maximum absolute atomic E-state index is 12.5. The maximum atomic E-state index is 12.5. The molecule has 3 rings (SSSR count). The zero-order valence-corrected chi connectivity index (χ0v) is 16.0. The van der Waals surface area contributed by atoms with E-state index in [1.807, 2.05) is 0 Å². The summed E-state index contributed by atoms with van der Waals surface area (Å²) in [5.41, 5.74) is 0.781. The smallest absolute Gasteiger partial charge is 0.261 e. The minimum atomic E-state index is -0.363. The summed E-state index contributed by atoms with van der Waals surface area (Å²) in [6.45, 7) is -0.152. The van der Waals surface area contributed by atoms with Crippen LogP contribution in [0.1, 0.15) is 0 Å². The zero-order valence-electron chi connectivity index (χ0n) is 12.1. The zero-order chi connectivity index (χ0) is 17.3.